The standard InChI is InChI=1S/C15H13BrN2O3/c16-13-7-2-1-4-11(13)9-21-14(19)10-5-3-6-12(8-10)18-15(17)20/h1-8H,9H2,(H3,17,18,20). The highest BCUT2D eigenvalue weighted by molar-refractivity contribution is 9.10. The Hall–Kier alpha value is -2.34. The smallest absolute Gasteiger partial charge is 0.338 e. The zero-order chi connectivity index (χ0) is 15.2. The van der Waals surface area contributed by atoms with Crippen molar-refractivity contribution < 1.29 is 14.3 Å². The highest BCUT2D eigenvalue weighted by atomic mass is 79.9. The van der Waals surface area contributed by atoms with E-state index < -0.39 is 12.0 Å². The maximum absolute atomic E-state index is 12.0. The molecule has 0 saturated carbocycles. The van der Waals surface area contributed by atoms with Crippen molar-refractivity contribution in [2.75, 3.05) is 5.32 Å². The van der Waals surface area contributed by atoms with Gasteiger partial charge in [0.2, 0.25) is 0 Å². The van der Waals surface area contributed by atoms with Gasteiger partial charge < -0.3 is 15.8 Å². The summed E-state index contributed by atoms with van der Waals surface area (Å²) >= 11 is 3.39. The van der Waals surface area contributed by atoms with Crippen LogP contribution in [-0.4, -0.2) is 12.0 Å². The first kappa shape index (κ1) is 15.1. The molecular formula is C15H13BrN2O3. The normalized spacial score (nSPS) is 9.95. The van der Waals surface area contributed by atoms with Crippen molar-refractivity contribution in [3.05, 3.63) is 64.1 Å². The molecule has 2 aromatic carbocycles. The van der Waals surface area contributed by atoms with E-state index in [2.05, 4.69) is 21.2 Å². The zero-order valence-electron chi connectivity index (χ0n) is 11.0. The maximum atomic E-state index is 12.0. The summed E-state index contributed by atoms with van der Waals surface area (Å²) in [5.41, 5.74) is 6.69. The molecular weight excluding hydrogens is 336 g/mol. The number of anilines is 1. The van der Waals surface area contributed by atoms with Gasteiger partial charge in [0.05, 0.1) is 5.56 Å². The van der Waals surface area contributed by atoms with E-state index in [0.717, 1.165) is 10.0 Å². The summed E-state index contributed by atoms with van der Waals surface area (Å²) in [5.74, 6) is -0.473. The molecule has 0 fully saturated rings. The van der Waals surface area contributed by atoms with Crippen LogP contribution in [0.4, 0.5) is 10.5 Å². The van der Waals surface area contributed by atoms with Crippen molar-refractivity contribution in [3.8, 4) is 0 Å². The van der Waals surface area contributed by atoms with Gasteiger partial charge in [-0.3, -0.25) is 0 Å². The van der Waals surface area contributed by atoms with Crippen LogP contribution in [0, 0.1) is 0 Å². The number of urea groups is 1. The highest BCUT2D eigenvalue weighted by Gasteiger charge is 2.09. The largest absolute Gasteiger partial charge is 0.457 e. The fraction of sp³-hybridized carbons (Fsp3) is 0.0667. The minimum Gasteiger partial charge on any atom is -0.457 e. The molecule has 0 heterocycles. The van der Waals surface area contributed by atoms with Crippen LogP contribution in [0.3, 0.4) is 0 Å². The van der Waals surface area contributed by atoms with Crippen molar-refractivity contribution in [1.82, 2.24) is 0 Å². The minimum absolute atomic E-state index is 0.160. The molecule has 5 nitrogen and oxygen atoms in total. The molecule has 108 valence electrons. The summed E-state index contributed by atoms with van der Waals surface area (Å²) in [5, 5.41) is 2.41. The molecule has 2 amide bonds. The molecule has 3 N–H and O–H groups in total. The summed E-state index contributed by atoms with van der Waals surface area (Å²) in [6.07, 6.45) is 0. The van der Waals surface area contributed by atoms with Crippen molar-refractivity contribution in [2.24, 2.45) is 5.73 Å². The Morgan fingerprint density at radius 1 is 1.14 bits per heavy atom. The predicted octanol–water partition coefficient (Wildman–Crippen LogP) is 3.30. The number of amides is 2. The number of primary amides is 1. The summed E-state index contributed by atoms with van der Waals surface area (Å²) < 4.78 is 6.12. The Morgan fingerprint density at radius 3 is 2.62 bits per heavy atom. The lowest BCUT2D eigenvalue weighted by Crippen LogP contribution is -2.19. The lowest BCUT2D eigenvalue weighted by Gasteiger charge is -2.08. The highest BCUT2D eigenvalue weighted by Crippen LogP contribution is 2.18. The molecule has 2 aromatic rings. The monoisotopic (exact) mass is 348 g/mol. The number of nitrogens with one attached hydrogen (secondary N) is 1. The molecule has 0 aliphatic rings. The Labute approximate surface area is 130 Å². The second kappa shape index (κ2) is 6.90. The number of halogens is 1. The number of nitrogens with two attached hydrogens (primary N) is 1. The zero-order valence-corrected chi connectivity index (χ0v) is 12.6. The lowest BCUT2D eigenvalue weighted by atomic mass is 10.2. The lowest BCUT2D eigenvalue weighted by molar-refractivity contribution is 0.0472. The Kier molecular flexibility index (Phi) is 4.94. The number of carbonyl (C=O) groups excluding carboxylic acids is 2. The third-order valence-electron chi connectivity index (χ3n) is 2.68. The number of carbonyl (C=O) groups is 2. The van der Waals surface area contributed by atoms with Gasteiger partial charge in [-0.05, 0) is 24.3 Å². The van der Waals surface area contributed by atoms with E-state index in [1.807, 2.05) is 24.3 Å². The molecule has 0 saturated heterocycles. The summed E-state index contributed by atoms with van der Waals surface area (Å²) in [6, 6.07) is 13.2. The van der Waals surface area contributed by atoms with E-state index in [9.17, 15) is 9.59 Å². The van der Waals surface area contributed by atoms with Crippen LogP contribution in [0.1, 0.15) is 15.9 Å². The van der Waals surface area contributed by atoms with Crippen molar-refractivity contribution in [3.63, 3.8) is 0 Å². The third kappa shape index (κ3) is 4.32. The topological polar surface area (TPSA) is 81.4 Å². The molecule has 0 atom stereocenters. The molecule has 2 rings (SSSR count). The number of benzene rings is 2. The van der Waals surface area contributed by atoms with E-state index in [4.69, 9.17) is 10.5 Å². The van der Waals surface area contributed by atoms with E-state index >= 15 is 0 Å². The van der Waals surface area contributed by atoms with E-state index in [-0.39, 0.29) is 6.61 Å². The molecule has 0 aliphatic carbocycles. The average Bonchev–Trinajstić information content (AvgIpc) is 2.45. The van der Waals surface area contributed by atoms with Crippen LogP contribution in [0.25, 0.3) is 0 Å². The number of esters is 1. The van der Waals surface area contributed by atoms with E-state index in [1.54, 1.807) is 18.2 Å². The van der Waals surface area contributed by atoms with Crippen LogP contribution in [0.2, 0.25) is 0 Å². The fourth-order valence-corrected chi connectivity index (χ4v) is 2.11. The fourth-order valence-electron chi connectivity index (χ4n) is 1.71. The average molecular weight is 349 g/mol. The van der Waals surface area contributed by atoms with Crippen molar-refractivity contribution >= 4 is 33.6 Å². The number of hydrogen-bond acceptors (Lipinski definition) is 3. The van der Waals surface area contributed by atoms with E-state index in [0.29, 0.717) is 11.3 Å². The number of ether oxygens (including phenoxy) is 1. The van der Waals surface area contributed by atoms with Gasteiger partial charge in [0.25, 0.3) is 0 Å². The molecule has 0 spiro atoms. The van der Waals surface area contributed by atoms with Crippen LogP contribution in [0.5, 0.6) is 0 Å². The van der Waals surface area contributed by atoms with E-state index in [1.165, 1.54) is 6.07 Å². The first-order chi connectivity index (χ1) is 10.1. The molecule has 0 unspecified atom stereocenters. The Morgan fingerprint density at radius 2 is 1.90 bits per heavy atom. The maximum Gasteiger partial charge on any atom is 0.338 e. The predicted molar refractivity (Wildman–Crippen MR) is 82.9 cm³/mol. The van der Waals surface area contributed by atoms with Crippen molar-refractivity contribution in [1.29, 1.82) is 0 Å². The van der Waals surface area contributed by atoms with Crippen LogP contribution >= 0.6 is 15.9 Å². The minimum atomic E-state index is -0.686. The molecule has 0 bridgehead atoms. The first-order valence-corrected chi connectivity index (χ1v) is 6.92. The third-order valence-corrected chi connectivity index (χ3v) is 3.46. The van der Waals surface area contributed by atoms with Gasteiger partial charge in [-0.2, -0.15) is 0 Å². The van der Waals surface area contributed by atoms with Crippen molar-refractivity contribution in [2.45, 2.75) is 6.61 Å². The molecule has 0 radical (unpaired) electrons. The van der Waals surface area contributed by atoms with Crippen LogP contribution in [-0.2, 0) is 11.3 Å². The molecule has 21 heavy (non-hydrogen) atoms. The summed E-state index contributed by atoms with van der Waals surface area (Å²) in [6.45, 7) is 0.160. The SMILES string of the molecule is NC(=O)Nc1cccc(C(=O)OCc2ccccc2Br)c1. The van der Waals surface area contributed by atoms with Gasteiger partial charge in [-0.15, -0.1) is 0 Å². The first-order valence-electron chi connectivity index (χ1n) is 6.13. The van der Waals surface area contributed by atoms with Gasteiger partial charge in [-0.25, -0.2) is 9.59 Å². The quantitative estimate of drug-likeness (QED) is 0.831. The second-order valence-electron chi connectivity index (χ2n) is 4.24. The summed E-state index contributed by atoms with van der Waals surface area (Å²) in [7, 11) is 0. The van der Waals surface area contributed by atoms with Gasteiger partial charge in [0.15, 0.2) is 0 Å². The van der Waals surface area contributed by atoms with Gasteiger partial charge >= 0.3 is 12.0 Å². The second-order valence-corrected chi connectivity index (χ2v) is 5.09. The molecule has 0 aromatic heterocycles. The number of hydrogen-bond donors (Lipinski definition) is 2. The summed E-state index contributed by atoms with van der Waals surface area (Å²) in [4.78, 5) is 22.8. The Bertz CT molecular complexity index is 673. The van der Waals surface area contributed by atoms with Crippen LogP contribution < -0.4 is 11.1 Å². The Balaban J connectivity index is 2.03. The molecule has 0 aliphatic heterocycles. The number of rotatable bonds is 4. The van der Waals surface area contributed by atoms with Crippen LogP contribution in [0.15, 0.2) is 53.0 Å². The molecule has 6 heteroatoms. The van der Waals surface area contributed by atoms with Gasteiger partial charge in [0, 0.05) is 15.7 Å². The van der Waals surface area contributed by atoms with Gasteiger partial charge in [0.1, 0.15) is 6.61 Å². The van der Waals surface area contributed by atoms with Gasteiger partial charge in [-0.1, -0.05) is 40.2 Å².